The van der Waals surface area contributed by atoms with Gasteiger partial charge in [-0.3, -0.25) is 0 Å². The van der Waals surface area contributed by atoms with E-state index < -0.39 is 0 Å². The Hall–Kier alpha value is -0.320. The summed E-state index contributed by atoms with van der Waals surface area (Å²) in [5.41, 5.74) is 2.44. The number of nitrogens with zero attached hydrogens (tertiary/aromatic N) is 1. The van der Waals surface area contributed by atoms with Crippen LogP contribution in [-0.2, 0) is 0 Å². The molecule has 3 nitrogen and oxygen atoms in total. The van der Waals surface area contributed by atoms with Gasteiger partial charge in [-0.15, -0.1) is 12.4 Å². The molecule has 0 bridgehead atoms. The van der Waals surface area contributed by atoms with Gasteiger partial charge < -0.3 is 5.43 Å². The molecule has 0 spiro atoms. The van der Waals surface area contributed by atoms with E-state index in [0.717, 1.165) is 4.47 Å². The van der Waals surface area contributed by atoms with E-state index in [0.29, 0.717) is 5.82 Å². The molecule has 1 aromatic heterocycles. The quantitative estimate of drug-likeness (QED) is 0.562. The van der Waals surface area contributed by atoms with Crippen LogP contribution in [0.4, 0.5) is 5.82 Å². The second-order valence-corrected chi connectivity index (χ2v) is 2.33. The molecule has 0 aromatic carbocycles. The lowest BCUT2D eigenvalue weighted by molar-refractivity contribution is 1.21. The fraction of sp³-hybridized carbons (Fsp3) is 0. The summed E-state index contributed by atoms with van der Waals surface area (Å²) in [6, 6.07) is 3.69. The molecule has 0 atom stereocenters. The summed E-state index contributed by atoms with van der Waals surface area (Å²) in [7, 11) is 0. The van der Waals surface area contributed by atoms with Crippen LogP contribution in [0.15, 0.2) is 22.8 Å². The van der Waals surface area contributed by atoms with Gasteiger partial charge in [0.15, 0.2) is 5.82 Å². The first-order valence-corrected chi connectivity index (χ1v) is 3.21. The first kappa shape index (κ1) is 9.68. The zero-order valence-corrected chi connectivity index (χ0v) is 7.45. The van der Waals surface area contributed by atoms with Gasteiger partial charge in [0.2, 0.25) is 0 Å². The van der Waals surface area contributed by atoms with Gasteiger partial charge in [0.1, 0.15) is 0 Å². The highest BCUT2D eigenvalue weighted by Gasteiger charge is 1.93. The molecule has 3 N–H and O–H groups in total. The number of aromatic nitrogens is 1. The van der Waals surface area contributed by atoms with Crippen LogP contribution in [-0.4, -0.2) is 4.98 Å². The van der Waals surface area contributed by atoms with E-state index in [2.05, 4.69) is 26.3 Å². The highest BCUT2D eigenvalue weighted by molar-refractivity contribution is 9.10. The number of nitrogens with one attached hydrogen (secondary N) is 1. The molecule has 1 rings (SSSR count). The van der Waals surface area contributed by atoms with Crippen LogP contribution >= 0.6 is 28.3 Å². The van der Waals surface area contributed by atoms with E-state index in [1.54, 1.807) is 6.20 Å². The zero-order valence-electron chi connectivity index (χ0n) is 5.04. The molecule has 0 saturated heterocycles. The molecule has 0 radical (unpaired) electrons. The molecule has 56 valence electrons. The average Bonchev–Trinajstić information content (AvgIpc) is 1.89. The molecule has 0 aliphatic heterocycles. The largest absolute Gasteiger partial charge is 0.308 e. The number of nitrogens with two attached hydrogens (primary N) is 1. The fourth-order valence-corrected chi connectivity index (χ4v) is 0.861. The van der Waals surface area contributed by atoms with E-state index >= 15 is 0 Å². The van der Waals surface area contributed by atoms with E-state index in [1.165, 1.54) is 0 Å². The Labute approximate surface area is 73.5 Å². The summed E-state index contributed by atoms with van der Waals surface area (Å²) in [5, 5.41) is 0. The van der Waals surface area contributed by atoms with Crippen molar-refractivity contribution in [2.45, 2.75) is 0 Å². The normalized spacial score (nSPS) is 8.20. The van der Waals surface area contributed by atoms with Gasteiger partial charge >= 0.3 is 0 Å². The van der Waals surface area contributed by atoms with Crippen molar-refractivity contribution in [2.24, 2.45) is 5.84 Å². The maximum atomic E-state index is 5.11. The molecule has 1 heterocycles. The SMILES string of the molecule is Cl.NNc1ncccc1Br. The summed E-state index contributed by atoms with van der Waals surface area (Å²) >= 11 is 3.25. The van der Waals surface area contributed by atoms with Crippen molar-refractivity contribution in [2.75, 3.05) is 5.43 Å². The summed E-state index contributed by atoms with van der Waals surface area (Å²) in [5.74, 6) is 5.76. The summed E-state index contributed by atoms with van der Waals surface area (Å²) in [6.07, 6.45) is 1.67. The van der Waals surface area contributed by atoms with Gasteiger partial charge in [0, 0.05) is 6.20 Å². The second-order valence-electron chi connectivity index (χ2n) is 1.48. The number of hydrogen-bond acceptors (Lipinski definition) is 3. The molecule has 5 heteroatoms. The van der Waals surface area contributed by atoms with E-state index in [-0.39, 0.29) is 12.4 Å². The number of hydrogen-bond donors (Lipinski definition) is 2. The molecular weight excluding hydrogens is 217 g/mol. The molecule has 0 unspecified atom stereocenters. The third-order valence-electron chi connectivity index (χ3n) is 0.895. The van der Waals surface area contributed by atoms with Gasteiger partial charge in [-0.05, 0) is 28.1 Å². The lowest BCUT2D eigenvalue weighted by Gasteiger charge is -1.98. The number of nitrogen functional groups attached to an aromatic ring is 1. The van der Waals surface area contributed by atoms with Crippen LogP contribution in [0.25, 0.3) is 0 Å². The predicted molar refractivity (Wildman–Crippen MR) is 47.0 cm³/mol. The monoisotopic (exact) mass is 223 g/mol. The standard InChI is InChI=1S/C5H6BrN3.ClH/c6-4-2-1-3-8-5(4)9-7;/h1-3H,7H2,(H,8,9);1H. The minimum Gasteiger partial charge on any atom is -0.308 e. The van der Waals surface area contributed by atoms with E-state index in [9.17, 15) is 0 Å². The predicted octanol–water partition coefficient (Wildman–Crippen LogP) is 1.55. The first-order valence-electron chi connectivity index (χ1n) is 2.41. The van der Waals surface area contributed by atoms with Crippen molar-refractivity contribution in [1.29, 1.82) is 0 Å². The van der Waals surface area contributed by atoms with E-state index in [1.807, 2.05) is 12.1 Å². The number of rotatable bonds is 1. The van der Waals surface area contributed by atoms with Crippen molar-refractivity contribution in [1.82, 2.24) is 4.98 Å². The Balaban J connectivity index is 0.000000810. The van der Waals surface area contributed by atoms with Crippen LogP contribution < -0.4 is 11.3 Å². The smallest absolute Gasteiger partial charge is 0.154 e. The lowest BCUT2D eigenvalue weighted by Crippen LogP contribution is -2.08. The molecule has 0 saturated carbocycles. The molecule has 10 heavy (non-hydrogen) atoms. The molecule has 0 fully saturated rings. The highest BCUT2D eigenvalue weighted by atomic mass is 79.9. The minimum absolute atomic E-state index is 0. The summed E-state index contributed by atoms with van der Waals surface area (Å²) in [4.78, 5) is 3.91. The molecule has 0 amide bonds. The third kappa shape index (κ3) is 2.13. The maximum absolute atomic E-state index is 5.11. The fourth-order valence-electron chi connectivity index (χ4n) is 0.492. The van der Waals surface area contributed by atoms with Crippen molar-refractivity contribution in [3.8, 4) is 0 Å². The topological polar surface area (TPSA) is 50.9 Å². The van der Waals surface area contributed by atoms with Crippen LogP contribution in [0, 0.1) is 0 Å². The Morgan fingerprint density at radius 3 is 2.70 bits per heavy atom. The van der Waals surface area contributed by atoms with Crippen molar-refractivity contribution >= 4 is 34.2 Å². The van der Waals surface area contributed by atoms with Gasteiger partial charge in [-0.2, -0.15) is 0 Å². The number of anilines is 1. The Bertz CT molecular complexity index is 206. The summed E-state index contributed by atoms with van der Waals surface area (Å²) in [6.45, 7) is 0. The Morgan fingerprint density at radius 1 is 1.60 bits per heavy atom. The van der Waals surface area contributed by atoms with Crippen LogP contribution in [0.3, 0.4) is 0 Å². The Kier molecular flexibility index (Phi) is 4.34. The summed E-state index contributed by atoms with van der Waals surface area (Å²) < 4.78 is 0.868. The maximum Gasteiger partial charge on any atom is 0.154 e. The van der Waals surface area contributed by atoms with Crippen LogP contribution in [0.5, 0.6) is 0 Å². The van der Waals surface area contributed by atoms with Crippen molar-refractivity contribution < 1.29 is 0 Å². The average molecular weight is 224 g/mol. The number of halogens is 2. The highest BCUT2D eigenvalue weighted by Crippen LogP contribution is 2.16. The molecule has 1 aromatic rings. The van der Waals surface area contributed by atoms with Gasteiger partial charge in [0.05, 0.1) is 4.47 Å². The lowest BCUT2D eigenvalue weighted by atomic mass is 10.5. The molecule has 0 aliphatic carbocycles. The van der Waals surface area contributed by atoms with Crippen LogP contribution in [0.1, 0.15) is 0 Å². The van der Waals surface area contributed by atoms with Crippen molar-refractivity contribution in [3.05, 3.63) is 22.8 Å². The Morgan fingerprint density at radius 2 is 2.30 bits per heavy atom. The van der Waals surface area contributed by atoms with Gasteiger partial charge in [-0.25, -0.2) is 10.8 Å². The zero-order chi connectivity index (χ0) is 6.69. The minimum atomic E-state index is 0. The third-order valence-corrected chi connectivity index (χ3v) is 1.54. The number of hydrazine groups is 1. The van der Waals surface area contributed by atoms with Crippen molar-refractivity contribution in [3.63, 3.8) is 0 Å². The van der Waals surface area contributed by atoms with E-state index in [4.69, 9.17) is 5.84 Å². The molecule has 0 aliphatic rings. The molecular formula is C5H7BrClN3. The van der Waals surface area contributed by atoms with Gasteiger partial charge in [-0.1, -0.05) is 0 Å². The van der Waals surface area contributed by atoms with Gasteiger partial charge in [0.25, 0.3) is 0 Å². The second kappa shape index (κ2) is 4.49. The number of pyridine rings is 1. The van der Waals surface area contributed by atoms with Crippen LogP contribution in [0.2, 0.25) is 0 Å². The first-order chi connectivity index (χ1) is 4.34.